The topological polar surface area (TPSA) is 69.3 Å². The van der Waals surface area contributed by atoms with E-state index in [1.807, 2.05) is 37.3 Å². The molecule has 0 aliphatic carbocycles. The number of benzene rings is 2. The Labute approximate surface area is 203 Å². The van der Waals surface area contributed by atoms with Crippen LogP contribution in [0.5, 0.6) is 5.75 Å². The Morgan fingerprint density at radius 2 is 1.88 bits per heavy atom. The highest BCUT2D eigenvalue weighted by Gasteiger charge is 2.16. The van der Waals surface area contributed by atoms with Gasteiger partial charge in [0.2, 0.25) is 0 Å². The zero-order valence-corrected chi connectivity index (χ0v) is 20.0. The van der Waals surface area contributed by atoms with Crippen molar-refractivity contribution in [3.8, 4) is 5.75 Å². The van der Waals surface area contributed by atoms with Crippen LogP contribution in [0.2, 0.25) is 10.0 Å². The molecule has 164 valence electrons. The maximum absolute atomic E-state index is 12.6. The van der Waals surface area contributed by atoms with Gasteiger partial charge in [-0.25, -0.2) is 0 Å². The van der Waals surface area contributed by atoms with Gasteiger partial charge in [-0.3, -0.25) is 9.48 Å². The first-order valence-electron chi connectivity index (χ1n) is 9.64. The van der Waals surface area contributed by atoms with Crippen LogP contribution in [0.25, 0.3) is 0 Å². The molecule has 0 unspecified atom stereocenters. The summed E-state index contributed by atoms with van der Waals surface area (Å²) >= 11 is 15.3. The molecule has 4 aromatic rings. The Hall–Kier alpha value is -2.74. The molecule has 4 rings (SSSR count). The molecule has 0 radical (unpaired) electrons. The smallest absolute Gasteiger partial charge is 0.292 e. The molecule has 0 aliphatic heterocycles. The second kappa shape index (κ2) is 9.81. The number of anilines is 1. The van der Waals surface area contributed by atoms with E-state index in [0.29, 0.717) is 38.4 Å². The van der Waals surface area contributed by atoms with Gasteiger partial charge in [0.05, 0.1) is 11.0 Å². The largest absolute Gasteiger partial charge is 0.485 e. The van der Waals surface area contributed by atoms with Crippen molar-refractivity contribution in [2.24, 2.45) is 0 Å². The van der Waals surface area contributed by atoms with Crippen molar-refractivity contribution in [2.75, 3.05) is 5.32 Å². The second-order valence-corrected chi connectivity index (χ2v) is 8.80. The van der Waals surface area contributed by atoms with E-state index in [0.717, 1.165) is 11.1 Å². The molecule has 1 amide bonds. The van der Waals surface area contributed by atoms with E-state index < -0.39 is 5.91 Å². The lowest BCUT2D eigenvalue weighted by atomic mass is 10.2. The number of amides is 1. The zero-order valence-electron chi connectivity index (χ0n) is 16.9. The summed E-state index contributed by atoms with van der Waals surface area (Å²) in [5, 5.41) is 8.50. The van der Waals surface area contributed by atoms with Gasteiger partial charge in [0.15, 0.2) is 11.6 Å². The number of nitrogens with one attached hydrogen (secondary N) is 1. The minimum absolute atomic E-state index is 0.163. The normalized spacial score (nSPS) is 10.9. The minimum atomic E-state index is -0.406. The third kappa shape index (κ3) is 5.54. The molecule has 0 saturated carbocycles. The Kier molecular flexibility index (Phi) is 6.89. The summed E-state index contributed by atoms with van der Waals surface area (Å²) in [6.07, 6.45) is 1.79. The summed E-state index contributed by atoms with van der Waals surface area (Å²) in [4.78, 5) is 12.6. The van der Waals surface area contributed by atoms with E-state index in [1.165, 1.54) is 0 Å². The van der Waals surface area contributed by atoms with Crippen molar-refractivity contribution >= 4 is 50.9 Å². The molecule has 0 aliphatic rings. The number of rotatable bonds is 7. The fourth-order valence-corrected chi connectivity index (χ4v) is 3.78. The first kappa shape index (κ1) is 22.5. The molecular weight excluding hydrogens is 517 g/mol. The summed E-state index contributed by atoms with van der Waals surface area (Å²) in [6.45, 7) is 2.64. The maximum atomic E-state index is 12.6. The molecular formula is C23H18BrCl2N3O3. The van der Waals surface area contributed by atoms with Gasteiger partial charge in [-0.15, -0.1) is 0 Å². The quantitative estimate of drug-likeness (QED) is 0.285. The number of halogens is 3. The van der Waals surface area contributed by atoms with Gasteiger partial charge < -0.3 is 14.5 Å². The number of hydrogen-bond acceptors (Lipinski definition) is 4. The third-order valence-corrected chi connectivity index (χ3v) is 5.67. The molecule has 1 N–H and O–H groups in total. The number of ether oxygens (including phenoxy) is 1. The lowest BCUT2D eigenvalue weighted by Crippen LogP contribution is -2.12. The van der Waals surface area contributed by atoms with Crippen LogP contribution < -0.4 is 10.1 Å². The van der Waals surface area contributed by atoms with Crippen LogP contribution in [-0.4, -0.2) is 15.7 Å². The summed E-state index contributed by atoms with van der Waals surface area (Å²) in [5.74, 6) is 1.38. The van der Waals surface area contributed by atoms with E-state index in [9.17, 15) is 4.79 Å². The molecule has 9 heteroatoms. The van der Waals surface area contributed by atoms with Gasteiger partial charge in [0.1, 0.15) is 18.1 Å². The molecule has 2 aromatic heterocycles. The summed E-state index contributed by atoms with van der Waals surface area (Å²) in [5.41, 5.74) is 1.95. The monoisotopic (exact) mass is 533 g/mol. The predicted molar refractivity (Wildman–Crippen MR) is 128 cm³/mol. The SMILES string of the molecule is Cc1cc(Cl)ccc1OCc1ccc(C(=O)Nc2nn(Cc3ccc(Cl)cc3)cc2Br)o1. The van der Waals surface area contributed by atoms with Crippen molar-refractivity contribution in [3.05, 3.63) is 98.0 Å². The predicted octanol–water partition coefficient (Wildman–Crippen LogP) is 6.73. The summed E-state index contributed by atoms with van der Waals surface area (Å²) in [6, 6.07) is 16.2. The van der Waals surface area contributed by atoms with Crippen molar-refractivity contribution < 1.29 is 13.9 Å². The van der Waals surface area contributed by atoms with Crippen LogP contribution in [-0.2, 0) is 13.2 Å². The van der Waals surface area contributed by atoms with Crippen molar-refractivity contribution in [1.29, 1.82) is 0 Å². The van der Waals surface area contributed by atoms with E-state index in [4.69, 9.17) is 32.4 Å². The van der Waals surface area contributed by atoms with E-state index in [1.54, 1.807) is 35.1 Å². The number of carbonyl (C=O) groups is 1. The van der Waals surface area contributed by atoms with Gasteiger partial charge in [0, 0.05) is 16.2 Å². The standard InChI is InChI=1S/C23H18BrCl2N3O3/c1-14-10-17(26)6-8-20(14)31-13-18-7-9-21(32-18)23(30)27-22-19(24)12-29(28-22)11-15-2-4-16(25)5-3-15/h2-10,12H,11,13H2,1H3,(H,27,28,30). The highest BCUT2D eigenvalue weighted by molar-refractivity contribution is 9.10. The number of hydrogen-bond donors (Lipinski definition) is 1. The number of carbonyl (C=O) groups excluding carboxylic acids is 1. The number of aryl methyl sites for hydroxylation is 1. The van der Waals surface area contributed by atoms with Crippen LogP contribution >= 0.6 is 39.1 Å². The lowest BCUT2D eigenvalue weighted by Gasteiger charge is -2.07. The Balaban J connectivity index is 1.37. The van der Waals surface area contributed by atoms with Gasteiger partial charge in [0.25, 0.3) is 5.91 Å². The Morgan fingerprint density at radius 1 is 1.12 bits per heavy atom. The highest BCUT2D eigenvalue weighted by Crippen LogP contribution is 2.24. The van der Waals surface area contributed by atoms with Crippen LogP contribution in [0, 0.1) is 6.92 Å². The van der Waals surface area contributed by atoms with E-state index in [-0.39, 0.29) is 12.4 Å². The van der Waals surface area contributed by atoms with Crippen LogP contribution in [0.3, 0.4) is 0 Å². The summed E-state index contributed by atoms with van der Waals surface area (Å²) < 4.78 is 13.8. The molecule has 0 fully saturated rings. The van der Waals surface area contributed by atoms with Gasteiger partial charge >= 0.3 is 0 Å². The second-order valence-electron chi connectivity index (χ2n) is 7.07. The number of furan rings is 1. The molecule has 2 heterocycles. The van der Waals surface area contributed by atoms with Gasteiger partial charge in [-0.05, 0) is 76.4 Å². The third-order valence-electron chi connectivity index (χ3n) is 4.60. The average molecular weight is 535 g/mol. The van der Waals surface area contributed by atoms with Crippen molar-refractivity contribution in [3.63, 3.8) is 0 Å². The van der Waals surface area contributed by atoms with E-state index in [2.05, 4.69) is 26.3 Å². The molecule has 0 spiro atoms. The van der Waals surface area contributed by atoms with Crippen LogP contribution in [0.15, 0.2) is 69.7 Å². The van der Waals surface area contributed by atoms with Gasteiger partial charge in [-0.1, -0.05) is 35.3 Å². The van der Waals surface area contributed by atoms with Crippen LogP contribution in [0.1, 0.15) is 27.4 Å². The molecule has 0 saturated heterocycles. The molecule has 32 heavy (non-hydrogen) atoms. The van der Waals surface area contributed by atoms with E-state index >= 15 is 0 Å². The molecule has 0 atom stereocenters. The Morgan fingerprint density at radius 3 is 2.62 bits per heavy atom. The molecule has 6 nitrogen and oxygen atoms in total. The minimum Gasteiger partial charge on any atom is -0.485 e. The lowest BCUT2D eigenvalue weighted by molar-refractivity contribution is 0.0992. The first-order valence-corrected chi connectivity index (χ1v) is 11.2. The number of nitrogens with zero attached hydrogens (tertiary/aromatic N) is 2. The summed E-state index contributed by atoms with van der Waals surface area (Å²) in [7, 11) is 0. The van der Waals surface area contributed by atoms with Crippen LogP contribution in [0.4, 0.5) is 5.82 Å². The van der Waals surface area contributed by atoms with Crippen molar-refractivity contribution in [1.82, 2.24) is 9.78 Å². The zero-order chi connectivity index (χ0) is 22.7. The van der Waals surface area contributed by atoms with Crippen molar-refractivity contribution in [2.45, 2.75) is 20.1 Å². The fraction of sp³-hybridized carbons (Fsp3) is 0.130. The molecule has 2 aromatic carbocycles. The maximum Gasteiger partial charge on any atom is 0.292 e. The Bertz CT molecular complexity index is 1250. The highest BCUT2D eigenvalue weighted by atomic mass is 79.9. The van der Waals surface area contributed by atoms with Gasteiger partial charge in [-0.2, -0.15) is 5.10 Å². The average Bonchev–Trinajstić information content (AvgIpc) is 3.36. The first-order chi connectivity index (χ1) is 15.4. The number of aromatic nitrogens is 2. The molecule has 0 bridgehead atoms. The fourth-order valence-electron chi connectivity index (χ4n) is 3.01.